The second-order valence-corrected chi connectivity index (χ2v) is 9.61. The number of carbonyl (C=O) groups is 3. The highest BCUT2D eigenvalue weighted by molar-refractivity contribution is 8.18. The summed E-state index contributed by atoms with van der Waals surface area (Å²) in [6.45, 7) is 3.03. The van der Waals surface area contributed by atoms with Gasteiger partial charge in [-0.25, -0.2) is 0 Å². The Morgan fingerprint density at radius 3 is 2.50 bits per heavy atom. The summed E-state index contributed by atoms with van der Waals surface area (Å²) in [5, 5.41) is 0.632. The number of halogens is 3. The third-order valence-corrected chi connectivity index (χ3v) is 6.24. The first-order valence-electron chi connectivity index (χ1n) is 9.98. The molecule has 0 N–H and O–H groups in total. The van der Waals surface area contributed by atoms with Gasteiger partial charge in [0.1, 0.15) is 13.2 Å². The van der Waals surface area contributed by atoms with Gasteiger partial charge in [-0.2, -0.15) is 0 Å². The van der Waals surface area contributed by atoms with Crippen LogP contribution in [0.25, 0.3) is 6.08 Å². The normalized spacial score (nSPS) is 14.8. The number of rotatable bonds is 8. The number of nitrogens with zero attached hydrogens (tertiary/aromatic N) is 1. The quantitative estimate of drug-likeness (QED) is 0.288. The van der Waals surface area contributed by atoms with Crippen molar-refractivity contribution in [3.63, 3.8) is 0 Å². The van der Waals surface area contributed by atoms with E-state index < -0.39 is 23.7 Å². The van der Waals surface area contributed by atoms with E-state index in [1.807, 2.05) is 0 Å². The molecule has 2 aromatic rings. The molecule has 7 nitrogen and oxygen atoms in total. The molecule has 1 heterocycles. The molecule has 11 heteroatoms. The number of benzene rings is 2. The largest absolute Gasteiger partial charge is 0.493 e. The lowest BCUT2D eigenvalue weighted by molar-refractivity contribution is -0.149. The Morgan fingerprint density at radius 1 is 1.12 bits per heavy atom. The lowest BCUT2D eigenvalue weighted by Crippen LogP contribution is -2.35. The zero-order chi connectivity index (χ0) is 25.0. The van der Waals surface area contributed by atoms with E-state index in [0.29, 0.717) is 26.9 Å². The molecule has 1 aliphatic rings. The van der Waals surface area contributed by atoms with Crippen LogP contribution in [0.15, 0.2) is 35.2 Å². The van der Waals surface area contributed by atoms with Gasteiger partial charge in [-0.15, -0.1) is 0 Å². The molecule has 0 bridgehead atoms. The minimum absolute atomic E-state index is 0.122. The van der Waals surface area contributed by atoms with E-state index >= 15 is 0 Å². The first kappa shape index (κ1) is 26.2. The molecule has 0 saturated carbocycles. The molecular weight excluding hydrogens is 525 g/mol. The van der Waals surface area contributed by atoms with Crippen molar-refractivity contribution in [3.8, 4) is 11.5 Å². The van der Waals surface area contributed by atoms with Gasteiger partial charge in [-0.1, -0.05) is 40.9 Å². The molecule has 1 fully saturated rings. The maximum atomic E-state index is 12.7. The topological polar surface area (TPSA) is 82.1 Å². The van der Waals surface area contributed by atoms with Gasteiger partial charge in [0.2, 0.25) is 0 Å². The molecule has 0 radical (unpaired) electrons. The van der Waals surface area contributed by atoms with Crippen LogP contribution in [0.5, 0.6) is 11.5 Å². The average Bonchev–Trinajstić information content (AvgIpc) is 3.00. The van der Waals surface area contributed by atoms with Crippen LogP contribution < -0.4 is 9.47 Å². The molecule has 0 aromatic heterocycles. The van der Waals surface area contributed by atoms with Crippen molar-refractivity contribution in [1.82, 2.24) is 4.90 Å². The van der Waals surface area contributed by atoms with Crippen LogP contribution in [0.4, 0.5) is 4.79 Å². The highest BCUT2D eigenvalue weighted by Gasteiger charge is 2.36. The van der Waals surface area contributed by atoms with E-state index in [-0.39, 0.29) is 28.4 Å². The highest BCUT2D eigenvalue weighted by atomic mass is 35.5. The summed E-state index contributed by atoms with van der Waals surface area (Å²) in [5.41, 5.74) is 1.21. The van der Waals surface area contributed by atoms with Gasteiger partial charge in [0.15, 0.2) is 11.5 Å². The zero-order valence-electron chi connectivity index (χ0n) is 18.4. The molecule has 0 unspecified atom stereocenters. The minimum atomic E-state index is -0.662. The van der Waals surface area contributed by atoms with Gasteiger partial charge in [-0.05, 0) is 61.5 Å². The van der Waals surface area contributed by atoms with Crippen LogP contribution >= 0.6 is 46.6 Å². The van der Waals surface area contributed by atoms with Crippen LogP contribution in [0.1, 0.15) is 25.0 Å². The van der Waals surface area contributed by atoms with E-state index in [0.717, 1.165) is 16.7 Å². The summed E-state index contributed by atoms with van der Waals surface area (Å²) in [6, 6.07) is 8.24. The molecule has 34 heavy (non-hydrogen) atoms. The summed E-state index contributed by atoms with van der Waals surface area (Å²) in [5.74, 6) is -0.644. The van der Waals surface area contributed by atoms with Crippen LogP contribution in [-0.2, 0) is 20.9 Å². The van der Waals surface area contributed by atoms with Crippen LogP contribution in [-0.4, -0.2) is 41.8 Å². The summed E-state index contributed by atoms with van der Waals surface area (Å²) >= 11 is 19.3. The fraction of sp³-hybridized carbons (Fsp3) is 0.261. The summed E-state index contributed by atoms with van der Waals surface area (Å²) in [6.07, 6.45) is 1.14. The predicted molar refractivity (Wildman–Crippen MR) is 133 cm³/mol. The van der Waals surface area contributed by atoms with E-state index in [2.05, 4.69) is 0 Å². The Balaban J connectivity index is 1.79. The van der Waals surface area contributed by atoms with Crippen molar-refractivity contribution in [3.05, 3.63) is 61.4 Å². The molecule has 0 spiro atoms. The molecule has 0 atom stereocenters. The van der Waals surface area contributed by atoms with Crippen molar-refractivity contribution >= 4 is 69.8 Å². The number of esters is 1. The maximum Gasteiger partial charge on any atom is 0.326 e. The van der Waals surface area contributed by atoms with Crippen molar-refractivity contribution < 1.29 is 28.6 Å². The van der Waals surface area contributed by atoms with Crippen LogP contribution in [0.2, 0.25) is 15.1 Å². The number of hydrogen-bond donors (Lipinski definition) is 0. The van der Waals surface area contributed by atoms with E-state index in [9.17, 15) is 14.4 Å². The number of thioether (sulfide) groups is 1. The summed E-state index contributed by atoms with van der Waals surface area (Å²) < 4.78 is 16.2. The SMILES string of the molecule is COc1cc(/C=C2/SC(=O)N(CC(=O)OC(C)C)C2=O)cc(Cl)c1OCc1ccc(Cl)cc1Cl. The van der Waals surface area contributed by atoms with Crippen LogP contribution in [0, 0.1) is 0 Å². The minimum Gasteiger partial charge on any atom is -0.493 e. The number of imide groups is 1. The van der Waals surface area contributed by atoms with Gasteiger partial charge in [0, 0.05) is 15.6 Å². The molecule has 1 aliphatic heterocycles. The fourth-order valence-electron chi connectivity index (χ4n) is 2.97. The van der Waals surface area contributed by atoms with Gasteiger partial charge in [0.25, 0.3) is 11.1 Å². The standard InChI is InChI=1S/C23H20Cl3NO6S/c1-12(2)33-20(28)10-27-22(29)19(34-23(27)30)8-13-6-17(26)21(18(7-13)31-3)32-11-14-4-5-15(24)9-16(14)25/h4-9,12H,10-11H2,1-3H3/b19-8+. The monoisotopic (exact) mass is 543 g/mol. The second kappa shape index (κ2) is 11.4. The van der Waals surface area contributed by atoms with Crippen molar-refractivity contribution in [2.24, 2.45) is 0 Å². The first-order chi connectivity index (χ1) is 16.1. The molecule has 2 aromatic carbocycles. The van der Waals surface area contributed by atoms with Gasteiger partial charge >= 0.3 is 5.97 Å². The number of carbonyl (C=O) groups excluding carboxylic acids is 3. The summed E-state index contributed by atoms with van der Waals surface area (Å²) in [4.78, 5) is 37.8. The zero-order valence-corrected chi connectivity index (χ0v) is 21.5. The molecule has 3 rings (SSSR count). The van der Waals surface area contributed by atoms with Gasteiger partial charge < -0.3 is 14.2 Å². The highest BCUT2D eigenvalue weighted by Crippen LogP contribution is 2.39. The fourth-order valence-corrected chi connectivity index (χ4v) is 4.54. The number of amides is 2. The smallest absolute Gasteiger partial charge is 0.326 e. The van der Waals surface area contributed by atoms with E-state index in [4.69, 9.17) is 49.0 Å². The Hall–Kier alpha value is -2.39. The van der Waals surface area contributed by atoms with Gasteiger partial charge in [0.05, 0.1) is 23.1 Å². The van der Waals surface area contributed by atoms with Crippen molar-refractivity contribution in [2.75, 3.05) is 13.7 Å². The summed E-state index contributed by atoms with van der Waals surface area (Å²) in [7, 11) is 1.45. The molecule has 0 aliphatic carbocycles. The molecular formula is C23H20Cl3NO6S. The Labute approximate surface area is 215 Å². The van der Waals surface area contributed by atoms with Crippen LogP contribution in [0.3, 0.4) is 0 Å². The van der Waals surface area contributed by atoms with Gasteiger partial charge in [-0.3, -0.25) is 19.3 Å². The predicted octanol–water partition coefficient (Wildman–Crippen LogP) is 6.22. The average molecular weight is 545 g/mol. The molecule has 2 amide bonds. The number of ether oxygens (including phenoxy) is 3. The van der Waals surface area contributed by atoms with Crippen molar-refractivity contribution in [1.29, 1.82) is 0 Å². The third-order valence-electron chi connectivity index (χ3n) is 4.46. The third kappa shape index (κ3) is 6.39. The lowest BCUT2D eigenvalue weighted by atomic mass is 10.1. The van der Waals surface area contributed by atoms with E-state index in [1.165, 1.54) is 13.2 Å². The lowest BCUT2D eigenvalue weighted by Gasteiger charge is -2.14. The number of methoxy groups -OCH3 is 1. The molecule has 1 saturated heterocycles. The first-order valence-corrected chi connectivity index (χ1v) is 11.9. The Kier molecular flexibility index (Phi) is 8.76. The maximum absolute atomic E-state index is 12.7. The van der Waals surface area contributed by atoms with Crippen molar-refractivity contribution in [2.45, 2.75) is 26.6 Å². The molecule has 180 valence electrons. The Bertz CT molecular complexity index is 1170. The van der Waals surface area contributed by atoms with E-state index in [1.54, 1.807) is 44.2 Å². The number of hydrogen-bond acceptors (Lipinski definition) is 7. The second-order valence-electron chi connectivity index (χ2n) is 7.36. The Morgan fingerprint density at radius 2 is 1.85 bits per heavy atom.